The molecule has 2 aromatic heterocycles. The number of benzene rings is 2. The molecule has 188 valence electrons. The summed E-state index contributed by atoms with van der Waals surface area (Å²) >= 11 is 1.69. The highest BCUT2D eigenvalue weighted by molar-refractivity contribution is 7.15. The van der Waals surface area contributed by atoms with Crippen molar-refractivity contribution < 1.29 is 24.1 Å². The Morgan fingerprint density at radius 2 is 1.83 bits per heavy atom. The molecule has 0 radical (unpaired) electrons. The molecular formula is C26H28N4O5S. The standard InChI is InChI=1S/C26H28N4O5S/c1-4-34-22(26(31)32)14-18-5-11-21(12-6-18)35-15-24-17(2)13-23(36-24)19-7-9-20(10-8-19)25-27-29-30(28-25)16-33-3/h5-13,22H,4,14-16H2,1-3H3,(H,31,32). The van der Waals surface area contributed by atoms with Gasteiger partial charge in [-0.25, -0.2) is 4.79 Å². The lowest BCUT2D eigenvalue weighted by molar-refractivity contribution is -0.149. The molecule has 4 rings (SSSR count). The summed E-state index contributed by atoms with van der Waals surface area (Å²) < 4.78 is 16.3. The maximum Gasteiger partial charge on any atom is 0.333 e. The van der Waals surface area contributed by atoms with Crippen LogP contribution in [0.25, 0.3) is 21.8 Å². The SMILES string of the molecule is CCOC(Cc1ccc(OCc2sc(-c3ccc(-c4nnn(COC)n4)cc3)cc2C)cc1)C(=O)O. The molecule has 0 saturated carbocycles. The van der Waals surface area contributed by atoms with Crippen LogP contribution in [0.4, 0.5) is 0 Å². The first-order chi connectivity index (χ1) is 17.5. The molecule has 0 aliphatic rings. The van der Waals surface area contributed by atoms with Crippen LogP contribution in [0.5, 0.6) is 5.75 Å². The maximum atomic E-state index is 11.3. The third-order valence-electron chi connectivity index (χ3n) is 5.50. The Labute approximate surface area is 213 Å². The summed E-state index contributed by atoms with van der Waals surface area (Å²) in [7, 11) is 1.58. The van der Waals surface area contributed by atoms with E-state index in [-0.39, 0.29) is 6.73 Å². The van der Waals surface area contributed by atoms with Crippen molar-refractivity contribution in [2.45, 2.75) is 39.7 Å². The highest BCUT2D eigenvalue weighted by Crippen LogP contribution is 2.33. The average Bonchev–Trinajstić information content (AvgIpc) is 3.50. The van der Waals surface area contributed by atoms with Gasteiger partial charge in [0.15, 0.2) is 12.8 Å². The third-order valence-corrected chi connectivity index (χ3v) is 6.76. The number of ether oxygens (including phenoxy) is 3. The lowest BCUT2D eigenvalue weighted by Gasteiger charge is -2.13. The van der Waals surface area contributed by atoms with Gasteiger partial charge in [-0.1, -0.05) is 36.4 Å². The summed E-state index contributed by atoms with van der Waals surface area (Å²) in [6.07, 6.45) is -0.527. The van der Waals surface area contributed by atoms with E-state index in [2.05, 4.69) is 28.4 Å². The Bertz CT molecular complexity index is 1280. The Hall–Kier alpha value is -3.60. The fourth-order valence-electron chi connectivity index (χ4n) is 3.62. The van der Waals surface area contributed by atoms with Gasteiger partial charge in [0.05, 0.1) is 0 Å². The van der Waals surface area contributed by atoms with E-state index >= 15 is 0 Å². The lowest BCUT2D eigenvalue weighted by atomic mass is 10.1. The van der Waals surface area contributed by atoms with E-state index in [4.69, 9.17) is 14.2 Å². The van der Waals surface area contributed by atoms with E-state index in [0.29, 0.717) is 25.5 Å². The zero-order valence-electron chi connectivity index (χ0n) is 20.4. The molecule has 0 amide bonds. The number of aryl methyl sites for hydroxylation is 1. The van der Waals surface area contributed by atoms with E-state index in [1.54, 1.807) is 25.4 Å². The fourth-order valence-corrected chi connectivity index (χ4v) is 4.71. The van der Waals surface area contributed by atoms with Crippen LogP contribution in [0, 0.1) is 6.92 Å². The van der Waals surface area contributed by atoms with E-state index in [9.17, 15) is 9.90 Å². The second-order valence-electron chi connectivity index (χ2n) is 8.12. The topological polar surface area (TPSA) is 109 Å². The predicted octanol–water partition coefficient (Wildman–Crippen LogP) is 4.59. The van der Waals surface area contributed by atoms with E-state index < -0.39 is 12.1 Å². The van der Waals surface area contributed by atoms with Crippen LogP contribution >= 0.6 is 11.3 Å². The molecule has 0 fully saturated rings. The van der Waals surface area contributed by atoms with Crippen LogP contribution in [0.1, 0.15) is 22.9 Å². The second-order valence-corrected chi connectivity index (χ2v) is 9.25. The smallest absolute Gasteiger partial charge is 0.333 e. The first kappa shape index (κ1) is 25.5. The van der Waals surface area contributed by atoms with Gasteiger partial charge in [-0.05, 0) is 54.0 Å². The molecule has 0 aliphatic heterocycles. The number of hydrogen-bond donors (Lipinski definition) is 1. The van der Waals surface area contributed by atoms with Gasteiger partial charge in [-0.3, -0.25) is 0 Å². The van der Waals surface area contributed by atoms with Crippen molar-refractivity contribution in [2.24, 2.45) is 0 Å². The van der Waals surface area contributed by atoms with Crippen molar-refractivity contribution in [1.29, 1.82) is 0 Å². The minimum atomic E-state index is -0.956. The number of thiophene rings is 1. The molecule has 4 aromatic rings. The minimum Gasteiger partial charge on any atom is -0.488 e. The fraction of sp³-hybridized carbons (Fsp3) is 0.308. The largest absolute Gasteiger partial charge is 0.488 e. The molecule has 2 heterocycles. The monoisotopic (exact) mass is 508 g/mol. The number of aromatic nitrogens is 4. The number of methoxy groups -OCH3 is 1. The van der Waals surface area contributed by atoms with Gasteiger partial charge >= 0.3 is 5.97 Å². The Balaban J connectivity index is 1.37. The number of carboxylic acid groups (broad SMARTS) is 1. The van der Waals surface area contributed by atoms with Crippen LogP contribution in [0.15, 0.2) is 54.6 Å². The number of carbonyl (C=O) groups is 1. The van der Waals surface area contributed by atoms with Crippen molar-refractivity contribution in [3.05, 3.63) is 70.6 Å². The molecular weight excluding hydrogens is 480 g/mol. The van der Waals surface area contributed by atoms with Gasteiger partial charge in [-0.2, -0.15) is 0 Å². The average molecular weight is 509 g/mol. The summed E-state index contributed by atoms with van der Waals surface area (Å²) in [6, 6.07) is 17.7. The number of carboxylic acids is 1. The Morgan fingerprint density at radius 1 is 1.11 bits per heavy atom. The van der Waals surface area contributed by atoms with Crippen LogP contribution in [0.2, 0.25) is 0 Å². The molecule has 36 heavy (non-hydrogen) atoms. The normalized spacial score (nSPS) is 12.0. The van der Waals surface area contributed by atoms with E-state index in [1.165, 1.54) is 10.4 Å². The van der Waals surface area contributed by atoms with Crippen molar-refractivity contribution in [1.82, 2.24) is 20.2 Å². The van der Waals surface area contributed by atoms with Gasteiger partial charge in [0.1, 0.15) is 12.4 Å². The van der Waals surface area contributed by atoms with Crippen molar-refractivity contribution in [3.63, 3.8) is 0 Å². The van der Waals surface area contributed by atoms with Crippen LogP contribution in [0.3, 0.4) is 0 Å². The summed E-state index contributed by atoms with van der Waals surface area (Å²) in [5.41, 5.74) is 4.05. The molecule has 0 saturated heterocycles. The summed E-state index contributed by atoms with van der Waals surface area (Å²) in [6.45, 7) is 4.94. The number of rotatable bonds is 12. The Morgan fingerprint density at radius 3 is 2.50 bits per heavy atom. The van der Waals surface area contributed by atoms with Crippen LogP contribution in [-0.2, 0) is 34.0 Å². The molecule has 2 aromatic carbocycles. The zero-order valence-corrected chi connectivity index (χ0v) is 21.2. The first-order valence-corrected chi connectivity index (χ1v) is 12.3. The quantitative estimate of drug-likeness (QED) is 0.296. The van der Waals surface area contributed by atoms with Gasteiger partial charge in [0.2, 0.25) is 5.82 Å². The molecule has 9 nitrogen and oxygen atoms in total. The molecule has 0 bridgehead atoms. The molecule has 0 spiro atoms. The minimum absolute atomic E-state index is 0.258. The van der Waals surface area contributed by atoms with Gasteiger partial charge < -0.3 is 19.3 Å². The predicted molar refractivity (Wildman–Crippen MR) is 136 cm³/mol. The molecule has 0 aliphatic carbocycles. The molecule has 10 heteroatoms. The van der Waals surface area contributed by atoms with E-state index in [1.807, 2.05) is 48.5 Å². The number of nitrogens with zero attached hydrogens (tertiary/aromatic N) is 4. The second kappa shape index (κ2) is 11.9. The molecule has 1 N–H and O–H groups in total. The summed E-state index contributed by atoms with van der Waals surface area (Å²) in [4.78, 5) is 15.0. The van der Waals surface area contributed by atoms with Crippen LogP contribution < -0.4 is 4.74 Å². The number of aliphatic carboxylic acids is 1. The van der Waals surface area contributed by atoms with Crippen LogP contribution in [-0.4, -0.2) is 51.1 Å². The van der Waals surface area contributed by atoms with Gasteiger partial charge in [0, 0.05) is 35.5 Å². The maximum absolute atomic E-state index is 11.3. The molecule has 1 unspecified atom stereocenters. The van der Waals surface area contributed by atoms with Crippen molar-refractivity contribution in [2.75, 3.05) is 13.7 Å². The lowest BCUT2D eigenvalue weighted by Crippen LogP contribution is -2.26. The van der Waals surface area contributed by atoms with Crippen molar-refractivity contribution >= 4 is 17.3 Å². The first-order valence-electron chi connectivity index (χ1n) is 11.5. The third kappa shape index (κ3) is 6.34. The van der Waals surface area contributed by atoms with E-state index in [0.717, 1.165) is 32.2 Å². The number of tetrazole rings is 1. The van der Waals surface area contributed by atoms with Crippen molar-refractivity contribution in [3.8, 4) is 27.6 Å². The molecule has 1 atom stereocenters. The highest BCUT2D eigenvalue weighted by Gasteiger charge is 2.18. The number of hydrogen-bond acceptors (Lipinski definition) is 8. The zero-order chi connectivity index (χ0) is 25.5. The summed E-state index contributed by atoms with van der Waals surface area (Å²) in [5, 5.41) is 21.6. The van der Waals surface area contributed by atoms with Gasteiger partial charge in [0.25, 0.3) is 0 Å². The Kier molecular flexibility index (Phi) is 8.42. The van der Waals surface area contributed by atoms with Gasteiger partial charge in [-0.15, -0.1) is 26.3 Å². The highest BCUT2D eigenvalue weighted by atomic mass is 32.1. The summed E-state index contributed by atoms with van der Waals surface area (Å²) in [5.74, 6) is 0.328.